The fraction of sp³-hybridized carbons (Fsp3) is 0.333. The van der Waals surface area contributed by atoms with Gasteiger partial charge < -0.3 is 9.64 Å². The molecule has 1 unspecified atom stereocenters. The summed E-state index contributed by atoms with van der Waals surface area (Å²) in [5, 5.41) is 0.535. The molecule has 1 aliphatic heterocycles. The Balaban J connectivity index is 2.44. The van der Waals surface area contributed by atoms with Crippen LogP contribution in [-0.2, 0) is 14.3 Å². The lowest BCUT2D eigenvalue weighted by atomic mass is 10.0. The van der Waals surface area contributed by atoms with Crippen molar-refractivity contribution in [1.29, 1.82) is 0 Å². The van der Waals surface area contributed by atoms with Gasteiger partial charge in [0.05, 0.1) is 6.61 Å². The molecule has 17 heavy (non-hydrogen) atoms. The summed E-state index contributed by atoms with van der Waals surface area (Å²) in [4.78, 5) is 25.2. The van der Waals surface area contributed by atoms with E-state index in [4.69, 9.17) is 16.3 Å². The second kappa shape index (κ2) is 4.37. The number of fused-ring (bicyclic) bond motifs is 1. The Hall–Kier alpha value is -1.55. The van der Waals surface area contributed by atoms with Crippen LogP contribution in [0.3, 0.4) is 0 Å². The van der Waals surface area contributed by atoms with Crippen LogP contribution in [0.15, 0.2) is 18.2 Å². The zero-order chi connectivity index (χ0) is 12.6. The molecule has 2 rings (SSSR count). The Morgan fingerprint density at radius 2 is 2.24 bits per heavy atom. The molecule has 1 amide bonds. The predicted octanol–water partition coefficient (Wildman–Crippen LogP) is 1.96. The first-order chi connectivity index (χ1) is 8.06. The Labute approximate surface area is 104 Å². The van der Waals surface area contributed by atoms with Gasteiger partial charge in [-0.15, -0.1) is 0 Å². The number of halogens is 1. The highest BCUT2D eigenvalue weighted by Crippen LogP contribution is 2.38. The molecule has 1 aromatic rings. The first-order valence-electron chi connectivity index (χ1n) is 5.30. The molecule has 0 radical (unpaired) electrons. The largest absolute Gasteiger partial charge is 0.465 e. The lowest BCUT2D eigenvalue weighted by Crippen LogP contribution is -2.29. The minimum absolute atomic E-state index is 0.259. The van der Waals surface area contributed by atoms with Crippen LogP contribution in [0.25, 0.3) is 0 Å². The van der Waals surface area contributed by atoms with E-state index in [1.165, 1.54) is 4.90 Å². The number of likely N-dealkylation sites (N-methyl/N-ethyl adjacent to an activating group) is 1. The summed E-state index contributed by atoms with van der Waals surface area (Å²) < 4.78 is 4.91. The molecule has 4 nitrogen and oxygen atoms in total. The third-order valence-electron chi connectivity index (χ3n) is 2.76. The van der Waals surface area contributed by atoms with Gasteiger partial charge in [-0.3, -0.25) is 9.59 Å². The van der Waals surface area contributed by atoms with Crippen LogP contribution in [0, 0.1) is 0 Å². The van der Waals surface area contributed by atoms with E-state index in [9.17, 15) is 9.59 Å². The van der Waals surface area contributed by atoms with Crippen LogP contribution in [0.4, 0.5) is 5.69 Å². The molecule has 1 atom stereocenters. The van der Waals surface area contributed by atoms with Gasteiger partial charge in [0.25, 0.3) is 0 Å². The number of anilines is 1. The van der Waals surface area contributed by atoms with Gasteiger partial charge in [0.1, 0.15) is 0 Å². The fourth-order valence-corrected chi connectivity index (χ4v) is 2.12. The van der Waals surface area contributed by atoms with Gasteiger partial charge in [0.15, 0.2) is 5.92 Å². The summed E-state index contributed by atoms with van der Waals surface area (Å²) in [5.74, 6) is -1.64. The zero-order valence-electron chi connectivity index (χ0n) is 9.57. The lowest BCUT2D eigenvalue weighted by molar-refractivity contribution is -0.147. The van der Waals surface area contributed by atoms with Gasteiger partial charge >= 0.3 is 5.97 Å². The summed E-state index contributed by atoms with van der Waals surface area (Å²) in [6, 6.07) is 5.04. The van der Waals surface area contributed by atoms with Crippen LogP contribution >= 0.6 is 11.6 Å². The van der Waals surface area contributed by atoms with Gasteiger partial charge in [-0.05, 0) is 24.6 Å². The van der Waals surface area contributed by atoms with Gasteiger partial charge in [-0.1, -0.05) is 17.7 Å². The minimum Gasteiger partial charge on any atom is -0.465 e. The Bertz CT molecular complexity index is 487. The quantitative estimate of drug-likeness (QED) is 0.598. The Kier molecular flexibility index (Phi) is 3.07. The zero-order valence-corrected chi connectivity index (χ0v) is 10.3. The highest BCUT2D eigenvalue weighted by Gasteiger charge is 2.41. The number of hydrogen-bond acceptors (Lipinski definition) is 3. The topological polar surface area (TPSA) is 46.6 Å². The Morgan fingerprint density at radius 1 is 1.53 bits per heavy atom. The SMILES string of the molecule is CCOC(=O)C1C(=O)N(C)c2cc(Cl)ccc21. The molecular formula is C12H12ClNO3. The van der Waals surface area contributed by atoms with E-state index in [0.717, 1.165) is 0 Å². The number of ether oxygens (including phenoxy) is 1. The summed E-state index contributed by atoms with van der Waals surface area (Å²) >= 11 is 5.87. The van der Waals surface area contributed by atoms with Gasteiger partial charge in [-0.25, -0.2) is 0 Å². The molecule has 0 N–H and O–H groups in total. The molecule has 0 bridgehead atoms. The molecule has 0 fully saturated rings. The summed E-state index contributed by atoms with van der Waals surface area (Å²) in [7, 11) is 1.62. The van der Waals surface area contributed by atoms with E-state index in [2.05, 4.69) is 0 Å². The monoisotopic (exact) mass is 253 g/mol. The maximum absolute atomic E-state index is 12.0. The number of amides is 1. The molecule has 0 aromatic heterocycles. The number of rotatable bonds is 2. The summed E-state index contributed by atoms with van der Waals surface area (Å²) in [6.07, 6.45) is 0. The van der Waals surface area contributed by atoms with Crippen molar-refractivity contribution in [2.75, 3.05) is 18.6 Å². The standard InChI is InChI=1S/C12H12ClNO3/c1-3-17-12(16)10-8-5-4-7(13)6-9(8)14(2)11(10)15/h4-6,10H,3H2,1-2H3. The molecule has 1 aromatic carbocycles. The van der Waals surface area contributed by atoms with E-state index in [1.54, 1.807) is 32.2 Å². The van der Waals surface area contributed by atoms with Crippen molar-refractivity contribution in [3.8, 4) is 0 Å². The first kappa shape index (κ1) is 11.9. The average Bonchev–Trinajstić information content (AvgIpc) is 2.53. The maximum atomic E-state index is 12.0. The fourth-order valence-electron chi connectivity index (χ4n) is 1.95. The number of carbonyl (C=O) groups excluding carboxylic acids is 2. The van der Waals surface area contributed by atoms with Crippen molar-refractivity contribution in [3.05, 3.63) is 28.8 Å². The molecule has 0 spiro atoms. The van der Waals surface area contributed by atoms with Crippen molar-refractivity contribution in [2.24, 2.45) is 0 Å². The second-order valence-corrected chi connectivity index (χ2v) is 4.22. The first-order valence-corrected chi connectivity index (χ1v) is 5.67. The molecule has 1 heterocycles. The van der Waals surface area contributed by atoms with Crippen LogP contribution in [-0.4, -0.2) is 25.5 Å². The lowest BCUT2D eigenvalue weighted by Gasteiger charge is -2.10. The molecule has 1 aliphatic rings. The highest BCUT2D eigenvalue weighted by molar-refractivity contribution is 6.31. The molecule has 0 aliphatic carbocycles. The maximum Gasteiger partial charge on any atom is 0.323 e. The van der Waals surface area contributed by atoms with Crippen LogP contribution in [0.1, 0.15) is 18.4 Å². The predicted molar refractivity (Wildman–Crippen MR) is 64.2 cm³/mol. The second-order valence-electron chi connectivity index (χ2n) is 3.79. The third kappa shape index (κ3) is 1.89. The summed E-state index contributed by atoms with van der Waals surface area (Å²) in [5.41, 5.74) is 1.32. The minimum atomic E-state index is -0.854. The van der Waals surface area contributed by atoms with Crippen molar-refractivity contribution in [1.82, 2.24) is 0 Å². The Morgan fingerprint density at radius 3 is 2.88 bits per heavy atom. The molecule has 5 heteroatoms. The van der Waals surface area contributed by atoms with Crippen molar-refractivity contribution in [2.45, 2.75) is 12.8 Å². The number of carbonyl (C=O) groups is 2. The average molecular weight is 254 g/mol. The third-order valence-corrected chi connectivity index (χ3v) is 3.00. The van der Waals surface area contributed by atoms with Crippen LogP contribution in [0.2, 0.25) is 5.02 Å². The van der Waals surface area contributed by atoms with Crippen molar-refractivity contribution < 1.29 is 14.3 Å². The molecular weight excluding hydrogens is 242 g/mol. The van der Waals surface area contributed by atoms with E-state index in [0.29, 0.717) is 16.3 Å². The summed E-state index contributed by atoms with van der Waals surface area (Å²) in [6.45, 7) is 1.97. The number of nitrogens with zero attached hydrogens (tertiary/aromatic N) is 1. The smallest absolute Gasteiger partial charge is 0.323 e. The number of benzene rings is 1. The van der Waals surface area contributed by atoms with Crippen LogP contribution in [0.5, 0.6) is 0 Å². The molecule has 90 valence electrons. The van der Waals surface area contributed by atoms with Gasteiger partial charge in [0.2, 0.25) is 5.91 Å². The number of hydrogen-bond donors (Lipinski definition) is 0. The molecule has 0 saturated heterocycles. The van der Waals surface area contributed by atoms with E-state index in [1.807, 2.05) is 0 Å². The van der Waals surface area contributed by atoms with E-state index in [-0.39, 0.29) is 12.5 Å². The van der Waals surface area contributed by atoms with Crippen LogP contribution < -0.4 is 4.90 Å². The van der Waals surface area contributed by atoms with E-state index >= 15 is 0 Å². The van der Waals surface area contributed by atoms with Gasteiger partial charge in [-0.2, -0.15) is 0 Å². The number of esters is 1. The highest BCUT2D eigenvalue weighted by atomic mass is 35.5. The normalized spacial score (nSPS) is 18.2. The van der Waals surface area contributed by atoms with Crippen molar-refractivity contribution in [3.63, 3.8) is 0 Å². The van der Waals surface area contributed by atoms with E-state index < -0.39 is 11.9 Å². The van der Waals surface area contributed by atoms with Crippen molar-refractivity contribution >= 4 is 29.2 Å². The van der Waals surface area contributed by atoms with Gasteiger partial charge in [0, 0.05) is 17.8 Å². The molecule has 0 saturated carbocycles.